The van der Waals surface area contributed by atoms with E-state index >= 15 is 0 Å². The van der Waals surface area contributed by atoms with Crippen molar-refractivity contribution in [2.75, 3.05) is 26.7 Å². The van der Waals surface area contributed by atoms with Gasteiger partial charge < -0.3 is 20.7 Å². The Bertz CT molecular complexity index is 527. The van der Waals surface area contributed by atoms with Crippen molar-refractivity contribution in [3.8, 4) is 5.75 Å². The number of ether oxygens (including phenoxy) is 1. The highest BCUT2D eigenvalue weighted by molar-refractivity contribution is 5.86. The van der Waals surface area contributed by atoms with Gasteiger partial charge in [0.15, 0.2) is 5.96 Å². The van der Waals surface area contributed by atoms with E-state index in [1.165, 1.54) is 19.3 Å². The van der Waals surface area contributed by atoms with E-state index in [0.29, 0.717) is 18.6 Å². The molecule has 1 fully saturated rings. The summed E-state index contributed by atoms with van der Waals surface area (Å²) >= 11 is 0. The molecule has 3 N–H and O–H groups in total. The van der Waals surface area contributed by atoms with Crippen molar-refractivity contribution in [2.24, 2.45) is 4.99 Å². The molecule has 0 aliphatic heterocycles. The van der Waals surface area contributed by atoms with Gasteiger partial charge in [-0.2, -0.15) is 0 Å². The Kier molecular flexibility index (Phi) is 8.66. The lowest BCUT2D eigenvalue weighted by molar-refractivity contribution is -0.120. The number of guanidine groups is 1. The maximum absolute atomic E-state index is 12.0. The van der Waals surface area contributed by atoms with Gasteiger partial charge in [0, 0.05) is 19.6 Å². The lowest BCUT2D eigenvalue weighted by atomic mass is 9.95. The Morgan fingerprint density at radius 3 is 2.64 bits per heavy atom. The summed E-state index contributed by atoms with van der Waals surface area (Å²) in [7, 11) is 1.70. The van der Waals surface area contributed by atoms with Crippen molar-refractivity contribution in [3.05, 3.63) is 30.3 Å². The fourth-order valence-corrected chi connectivity index (χ4v) is 2.90. The highest BCUT2D eigenvalue weighted by Crippen LogP contribution is 2.17. The highest BCUT2D eigenvalue weighted by atomic mass is 16.5. The zero-order valence-corrected chi connectivity index (χ0v) is 15.1. The summed E-state index contributed by atoms with van der Waals surface area (Å²) in [5, 5.41) is 9.34. The normalized spacial score (nSPS) is 15.5. The molecule has 1 aliphatic carbocycles. The first-order valence-corrected chi connectivity index (χ1v) is 9.19. The zero-order chi connectivity index (χ0) is 17.7. The van der Waals surface area contributed by atoms with Gasteiger partial charge in [-0.25, -0.2) is 0 Å². The largest absolute Gasteiger partial charge is 0.494 e. The number of para-hydroxylation sites is 1. The minimum atomic E-state index is 0.0299. The molecule has 0 unspecified atom stereocenters. The van der Waals surface area contributed by atoms with Gasteiger partial charge in [-0.3, -0.25) is 9.79 Å². The molecule has 1 aromatic carbocycles. The molecule has 2 rings (SSSR count). The van der Waals surface area contributed by atoms with Crippen molar-refractivity contribution in [3.63, 3.8) is 0 Å². The fraction of sp³-hybridized carbons (Fsp3) is 0.579. The SMILES string of the molecule is CN=C(NCCCOc1ccccc1)NCC(=O)NC1CCCCC1. The number of rotatable bonds is 8. The molecule has 0 atom stereocenters. The van der Waals surface area contributed by atoms with E-state index in [4.69, 9.17) is 4.74 Å². The van der Waals surface area contributed by atoms with Gasteiger partial charge >= 0.3 is 0 Å². The summed E-state index contributed by atoms with van der Waals surface area (Å²) in [5.41, 5.74) is 0. The number of nitrogens with zero attached hydrogens (tertiary/aromatic N) is 1. The lowest BCUT2D eigenvalue weighted by Crippen LogP contribution is -2.46. The van der Waals surface area contributed by atoms with Crippen LogP contribution in [0.4, 0.5) is 0 Å². The third kappa shape index (κ3) is 7.92. The molecule has 1 amide bonds. The Hall–Kier alpha value is -2.24. The van der Waals surface area contributed by atoms with Crippen LogP contribution in [0.3, 0.4) is 0 Å². The van der Waals surface area contributed by atoms with Crippen LogP contribution in [0.1, 0.15) is 38.5 Å². The van der Waals surface area contributed by atoms with Crippen LogP contribution in [0, 0.1) is 0 Å². The molecule has 6 nitrogen and oxygen atoms in total. The fourth-order valence-electron chi connectivity index (χ4n) is 2.90. The van der Waals surface area contributed by atoms with Crippen LogP contribution in [0.5, 0.6) is 5.75 Å². The molecule has 0 heterocycles. The summed E-state index contributed by atoms with van der Waals surface area (Å²) in [6.45, 7) is 1.61. The van der Waals surface area contributed by atoms with Crippen LogP contribution in [-0.2, 0) is 4.79 Å². The van der Waals surface area contributed by atoms with Gasteiger partial charge in [0.1, 0.15) is 5.75 Å². The van der Waals surface area contributed by atoms with E-state index in [9.17, 15) is 4.79 Å². The Labute approximate surface area is 150 Å². The van der Waals surface area contributed by atoms with E-state index in [2.05, 4.69) is 20.9 Å². The second-order valence-corrected chi connectivity index (χ2v) is 6.27. The molecule has 138 valence electrons. The summed E-state index contributed by atoms with van der Waals surface area (Å²) in [6, 6.07) is 10.1. The van der Waals surface area contributed by atoms with Gasteiger partial charge in [-0.15, -0.1) is 0 Å². The van der Waals surface area contributed by atoms with E-state index in [1.54, 1.807) is 7.05 Å². The predicted molar refractivity (Wildman–Crippen MR) is 101 cm³/mol. The molecule has 6 heteroatoms. The average molecular weight is 346 g/mol. The van der Waals surface area contributed by atoms with Crippen molar-refractivity contribution in [1.29, 1.82) is 0 Å². The van der Waals surface area contributed by atoms with E-state index in [0.717, 1.165) is 31.6 Å². The first-order valence-electron chi connectivity index (χ1n) is 9.19. The van der Waals surface area contributed by atoms with Gasteiger partial charge in [0.25, 0.3) is 0 Å². The van der Waals surface area contributed by atoms with Gasteiger partial charge in [0.05, 0.1) is 13.2 Å². The lowest BCUT2D eigenvalue weighted by Gasteiger charge is -2.23. The van der Waals surface area contributed by atoms with Crippen LogP contribution in [0.25, 0.3) is 0 Å². The summed E-state index contributed by atoms with van der Waals surface area (Å²) in [6.07, 6.45) is 6.76. The summed E-state index contributed by atoms with van der Waals surface area (Å²) in [5.74, 6) is 1.55. The van der Waals surface area contributed by atoms with E-state index < -0.39 is 0 Å². The maximum atomic E-state index is 12.0. The molecular weight excluding hydrogens is 316 g/mol. The standard InChI is InChI=1S/C19H30N4O2/c1-20-19(21-13-8-14-25-17-11-6-3-7-12-17)22-15-18(24)23-16-9-4-2-5-10-16/h3,6-7,11-12,16H,2,4-5,8-10,13-15H2,1H3,(H,23,24)(H2,20,21,22). The number of benzene rings is 1. The Morgan fingerprint density at radius 2 is 1.92 bits per heavy atom. The predicted octanol–water partition coefficient (Wildman–Crippen LogP) is 2.07. The van der Waals surface area contributed by atoms with Crippen LogP contribution < -0.4 is 20.7 Å². The Balaban J connectivity index is 1.54. The topological polar surface area (TPSA) is 74.8 Å². The number of carbonyl (C=O) groups is 1. The molecular formula is C19H30N4O2. The van der Waals surface area contributed by atoms with Crippen molar-refractivity contribution in [2.45, 2.75) is 44.6 Å². The van der Waals surface area contributed by atoms with Crippen molar-refractivity contribution in [1.82, 2.24) is 16.0 Å². The minimum absolute atomic E-state index is 0.0299. The molecule has 1 aliphatic rings. The maximum Gasteiger partial charge on any atom is 0.239 e. The number of amides is 1. The molecule has 0 aromatic heterocycles. The summed E-state index contributed by atoms with van der Waals surface area (Å²) in [4.78, 5) is 16.1. The van der Waals surface area contributed by atoms with Crippen LogP contribution in [0.15, 0.2) is 35.3 Å². The first kappa shape index (κ1) is 19.1. The number of hydrogen-bond acceptors (Lipinski definition) is 3. The number of aliphatic imine (C=N–C) groups is 1. The third-order valence-electron chi connectivity index (χ3n) is 4.24. The van der Waals surface area contributed by atoms with E-state index in [1.807, 2.05) is 30.3 Å². The third-order valence-corrected chi connectivity index (χ3v) is 4.24. The number of hydrogen-bond donors (Lipinski definition) is 3. The zero-order valence-electron chi connectivity index (χ0n) is 15.1. The monoisotopic (exact) mass is 346 g/mol. The second-order valence-electron chi connectivity index (χ2n) is 6.27. The van der Waals surface area contributed by atoms with Gasteiger partial charge in [-0.05, 0) is 31.4 Å². The molecule has 0 spiro atoms. The number of nitrogens with one attached hydrogen (secondary N) is 3. The minimum Gasteiger partial charge on any atom is -0.494 e. The average Bonchev–Trinajstić information content (AvgIpc) is 2.65. The Morgan fingerprint density at radius 1 is 1.16 bits per heavy atom. The molecule has 25 heavy (non-hydrogen) atoms. The molecule has 0 saturated heterocycles. The van der Waals surface area contributed by atoms with Crippen molar-refractivity contribution < 1.29 is 9.53 Å². The quantitative estimate of drug-likeness (QED) is 0.383. The van der Waals surface area contributed by atoms with Crippen molar-refractivity contribution >= 4 is 11.9 Å². The molecule has 1 saturated carbocycles. The van der Waals surface area contributed by atoms with Crippen LogP contribution in [-0.4, -0.2) is 44.7 Å². The smallest absolute Gasteiger partial charge is 0.239 e. The molecule has 0 radical (unpaired) electrons. The van der Waals surface area contributed by atoms with Crippen LogP contribution in [0.2, 0.25) is 0 Å². The molecule has 1 aromatic rings. The van der Waals surface area contributed by atoms with E-state index in [-0.39, 0.29) is 12.5 Å². The number of carbonyl (C=O) groups excluding carboxylic acids is 1. The summed E-state index contributed by atoms with van der Waals surface area (Å²) < 4.78 is 5.64. The van der Waals surface area contributed by atoms with Crippen LogP contribution >= 0.6 is 0 Å². The van der Waals surface area contributed by atoms with Gasteiger partial charge in [-0.1, -0.05) is 37.5 Å². The van der Waals surface area contributed by atoms with Gasteiger partial charge in [0.2, 0.25) is 5.91 Å². The first-order chi connectivity index (χ1) is 12.3. The highest BCUT2D eigenvalue weighted by Gasteiger charge is 2.15. The molecule has 0 bridgehead atoms. The second kappa shape index (κ2) is 11.3.